The van der Waals surface area contributed by atoms with Crippen LogP contribution in [0.25, 0.3) is 0 Å². The first-order valence-electron chi connectivity index (χ1n) is 6.87. The number of amidine groups is 1. The Kier molecular flexibility index (Phi) is 6.49. The highest BCUT2D eigenvalue weighted by molar-refractivity contribution is 6.34. The molecule has 0 atom stereocenters. The molecule has 0 aliphatic heterocycles. The maximum Gasteiger partial charge on any atom is 0.255 e. The van der Waals surface area contributed by atoms with Gasteiger partial charge in [0.05, 0.1) is 10.6 Å². The Morgan fingerprint density at radius 1 is 1.48 bits per heavy atom. The molecular formula is C15H22ClN3O2. The number of oxime groups is 1. The maximum absolute atomic E-state index is 12.7. The topological polar surface area (TPSA) is 78.9 Å². The van der Waals surface area contributed by atoms with Crippen molar-refractivity contribution in [2.75, 3.05) is 13.1 Å². The summed E-state index contributed by atoms with van der Waals surface area (Å²) in [6.07, 6.45) is 0.318. The third kappa shape index (κ3) is 4.93. The SMILES string of the molecule is Cc1cccc(C(=O)N(CC/C(N)=N/O)CC(C)C)c1Cl. The number of aryl methyl sites for hydroxylation is 1. The molecule has 1 rings (SSSR count). The zero-order valence-corrected chi connectivity index (χ0v) is 13.4. The van der Waals surface area contributed by atoms with Gasteiger partial charge in [-0.1, -0.05) is 42.7 Å². The first-order valence-corrected chi connectivity index (χ1v) is 7.25. The highest BCUT2D eigenvalue weighted by Crippen LogP contribution is 2.22. The lowest BCUT2D eigenvalue weighted by Crippen LogP contribution is -2.37. The molecule has 0 fully saturated rings. The van der Waals surface area contributed by atoms with Crippen LogP contribution in [0, 0.1) is 12.8 Å². The third-order valence-electron chi connectivity index (χ3n) is 3.06. The van der Waals surface area contributed by atoms with Crippen molar-refractivity contribution in [2.24, 2.45) is 16.8 Å². The number of nitrogens with two attached hydrogens (primary N) is 1. The number of hydrogen-bond acceptors (Lipinski definition) is 3. The van der Waals surface area contributed by atoms with Crippen molar-refractivity contribution in [3.8, 4) is 0 Å². The van der Waals surface area contributed by atoms with Crippen LogP contribution >= 0.6 is 11.6 Å². The summed E-state index contributed by atoms with van der Waals surface area (Å²) in [6.45, 7) is 6.89. The Balaban J connectivity index is 2.96. The van der Waals surface area contributed by atoms with Crippen molar-refractivity contribution in [1.29, 1.82) is 0 Å². The average Bonchev–Trinajstić information content (AvgIpc) is 2.44. The van der Waals surface area contributed by atoms with Crippen LogP contribution in [0.1, 0.15) is 36.2 Å². The monoisotopic (exact) mass is 311 g/mol. The molecule has 1 amide bonds. The minimum atomic E-state index is -0.136. The van der Waals surface area contributed by atoms with Gasteiger partial charge in [0.25, 0.3) is 5.91 Å². The van der Waals surface area contributed by atoms with E-state index in [9.17, 15) is 4.79 Å². The number of hydrogen-bond donors (Lipinski definition) is 2. The molecule has 0 saturated carbocycles. The van der Waals surface area contributed by atoms with E-state index in [1.165, 1.54) is 0 Å². The summed E-state index contributed by atoms with van der Waals surface area (Å²) < 4.78 is 0. The fourth-order valence-electron chi connectivity index (χ4n) is 2.00. The Bertz CT molecular complexity index is 530. The Morgan fingerprint density at radius 3 is 2.71 bits per heavy atom. The first-order chi connectivity index (χ1) is 9.86. The molecule has 0 unspecified atom stereocenters. The fraction of sp³-hybridized carbons (Fsp3) is 0.467. The zero-order chi connectivity index (χ0) is 16.0. The second-order valence-electron chi connectivity index (χ2n) is 5.42. The molecule has 1 aromatic carbocycles. The smallest absolute Gasteiger partial charge is 0.255 e. The van der Waals surface area contributed by atoms with Crippen molar-refractivity contribution >= 4 is 23.3 Å². The van der Waals surface area contributed by atoms with E-state index in [1.54, 1.807) is 11.0 Å². The van der Waals surface area contributed by atoms with E-state index in [2.05, 4.69) is 5.16 Å². The normalized spacial score (nSPS) is 11.8. The van der Waals surface area contributed by atoms with Gasteiger partial charge in [0.1, 0.15) is 5.84 Å². The quantitative estimate of drug-likeness (QED) is 0.367. The summed E-state index contributed by atoms with van der Waals surface area (Å²) >= 11 is 6.22. The number of amides is 1. The first kappa shape index (κ1) is 17.3. The molecule has 0 radical (unpaired) electrons. The fourth-order valence-corrected chi connectivity index (χ4v) is 2.21. The van der Waals surface area contributed by atoms with Crippen molar-refractivity contribution in [1.82, 2.24) is 4.90 Å². The van der Waals surface area contributed by atoms with Crippen LogP contribution in [0.3, 0.4) is 0 Å². The predicted octanol–water partition coefficient (Wildman–Crippen LogP) is 2.88. The van der Waals surface area contributed by atoms with Crippen LogP contribution in [-0.2, 0) is 0 Å². The third-order valence-corrected chi connectivity index (χ3v) is 3.56. The Labute approximate surface area is 130 Å². The zero-order valence-electron chi connectivity index (χ0n) is 12.6. The molecule has 6 heteroatoms. The number of benzene rings is 1. The highest BCUT2D eigenvalue weighted by Gasteiger charge is 2.20. The van der Waals surface area contributed by atoms with Crippen LogP contribution in [0.5, 0.6) is 0 Å². The van der Waals surface area contributed by atoms with Gasteiger partial charge >= 0.3 is 0 Å². The molecule has 116 valence electrons. The number of carbonyl (C=O) groups is 1. The average molecular weight is 312 g/mol. The van der Waals surface area contributed by atoms with Gasteiger partial charge < -0.3 is 15.8 Å². The van der Waals surface area contributed by atoms with E-state index in [0.29, 0.717) is 36.0 Å². The number of rotatable bonds is 6. The van der Waals surface area contributed by atoms with Gasteiger partial charge in [-0.05, 0) is 24.5 Å². The van der Waals surface area contributed by atoms with Crippen molar-refractivity contribution in [3.63, 3.8) is 0 Å². The van der Waals surface area contributed by atoms with Gasteiger partial charge in [0.15, 0.2) is 0 Å². The van der Waals surface area contributed by atoms with Gasteiger partial charge in [0, 0.05) is 19.5 Å². The van der Waals surface area contributed by atoms with E-state index in [-0.39, 0.29) is 11.7 Å². The van der Waals surface area contributed by atoms with Crippen molar-refractivity contribution < 1.29 is 10.0 Å². The summed E-state index contributed by atoms with van der Waals surface area (Å²) in [6, 6.07) is 5.39. The Morgan fingerprint density at radius 2 is 2.14 bits per heavy atom. The van der Waals surface area contributed by atoms with Gasteiger partial charge in [0.2, 0.25) is 0 Å². The van der Waals surface area contributed by atoms with Crippen LogP contribution in [0.4, 0.5) is 0 Å². The van der Waals surface area contributed by atoms with Gasteiger partial charge in [-0.15, -0.1) is 0 Å². The molecule has 0 saturated heterocycles. The predicted molar refractivity (Wildman–Crippen MR) is 85.0 cm³/mol. The molecule has 0 aliphatic carbocycles. The molecular weight excluding hydrogens is 290 g/mol. The lowest BCUT2D eigenvalue weighted by Gasteiger charge is -2.25. The molecule has 1 aromatic rings. The highest BCUT2D eigenvalue weighted by atomic mass is 35.5. The number of carbonyl (C=O) groups excluding carboxylic acids is 1. The summed E-state index contributed by atoms with van der Waals surface area (Å²) in [7, 11) is 0. The van der Waals surface area contributed by atoms with E-state index in [0.717, 1.165) is 5.56 Å². The molecule has 5 nitrogen and oxygen atoms in total. The molecule has 21 heavy (non-hydrogen) atoms. The minimum absolute atomic E-state index is 0.104. The van der Waals surface area contributed by atoms with E-state index < -0.39 is 0 Å². The second-order valence-corrected chi connectivity index (χ2v) is 5.80. The van der Waals surface area contributed by atoms with Crippen LogP contribution in [0.2, 0.25) is 5.02 Å². The summed E-state index contributed by atoms with van der Waals surface area (Å²) in [4.78, 5) is 14.3. The molecule has 3 N–H and O–H groups in total. The standard InChI is InChI=1S/C15H22ClN3O2/c1-10(2)9-19(8-7-13(17)18-21)15(20)12-6-4-5-11(3)14(12)16/h4-6,10,21H,7-9H2,1-3H3,(H2,17,18). The summed E-state index contributed by atoms with van der Waals surface area (Å²) in [5.41, 5.74) is 6.83. The number of nitrogens with zero attached hydrogens (tertiary/aromatic N) is 2. The van der Waals surface area contributed by atoms with Crippen LogP contribution in [0.15, 0.2) is 23.4 Å². The van der Waals surface area contributed by atoms with Gasteiger partial charge in [-0.25, -0.2) is 0 Å². The largest absolute Gasteiger partial charge is 0.409 e. The van der Waals surface area contributed by atoms with Crippen molar-refractivity contribution in [3.05, 3.63) is 34.3 Å². The lowest BCUT2D eigenvalue weighted by molar-refractivity contribution is 0.0740. The van der Waals surface area contributed by atoms with E-state index in [4.69, 9.17) is 22.5 Å². The van der Waals surface area contributed by atoms with Crippen molar-refractivity contribution in [2.45, 2.75) is 27.2 Å². The van der Waals surface area contributed by atoms with E-state index >= 15 is 0 Å². The van der Waals surface area contributed by atoms with Gasteiger partial charge in [-0.2, -0.15) is 0 Å². The summed E-state index contributed by atoms with van der Waals surface area (Å²) in [5, 5.41) is 12.0. The van der Waals surface area contributed by atoms with Gasteiger partial charge in [-0.3, -0.25) is 4.79 Å². The Hall–Kier alpha value is -1.75. The summed E-state index contributed by atoms with van der Waals surface area (Å²) in [5.74, 6) is 0.278. The minimum Gasteiger partial charge on any atom is -0.409 e. The molecule has 0 aliphatic rings. The lowest BCUT2D eigenvalue weighted by atomic mass is 10.1. The number of halogens is 1. The van der Waals surface area contributed by atoms with Crippen LogP contribution < -0.4 is 5.73 Å². The molecule has 0 bridgehead atoms. The molecule has 0 aromatic heterocycles. The second kappa shape index (κ2) is 7.88. The molecule has 0 spiro atoms. The van der Waals surface area contributed by atoms with E-state index in [1.807, 2.05) is 32.9 Å². The van der Waals surface area contributed by atoms with Crippen LogP contribution in [-0.4, -0.2) is 34.9 Å². The molecule has 0 heterocycles. The maximum atomic E-state index is 12.7.